The van der Waals surface area contributed by atoms with Crippen LogP contribution >= 0.6 is 0 Å². The summed E-state index contributed by atoms with van der Waals surface area (Å²) in [7, 11) is 0. The highest BCUT2D eigenvalue weighted by atomic mass is 16.5. The van der Waals surface area contributed by atoms with E-state index >= 15 is 0 Å². The first-order chi connectivity index (χ1) is 17.4. The Balaban J connectivity index is 1.65. The van der Waals surface area contributed by atoms with Crippen molar-refractivity contribution in [2.45, 2.75) is 39.3 Å². The van der Waals surface area contributed by atoms with Crippen LogP contribution in [0.3, 0.4) is 0 Å². The summed E-state index contributed by atoms with van der Waals surface area (Å²) < 4.78 is 5.80. The summed E-state index contributed by atoms with van der Waals surface area (Å²) in [5, 5.41) is 13.5. The summed E-state index contributed by atoms with van der Waals surface area (Å²) in [6.45, 7) is 8.92. The molecule has 6 nitrogen and oxygen atoms in total. The van der Waals surface area contributed by atoms with Gasteiger partial charge in [0.05, 0.1) is 11.6 Å². The molecule has 3 aromatic carbocycles. The lowest BCUT2D eigenvalue weighted by Crippen LogP contribution is -2.38. The number of aliphatic hydroxyl groups is 1. The summed E-state index contributed by atoms with van der Waals surface area (Å²) in [5.74, 6) is -0.557. The van der Waals surface area contributed by atoms with Gasteiger partial charge in [-0.3, -0.25) is 9.59 Å². The van der Waals surface area contributed by atoms with E-state index in [-0.39, 0.29) is 17.4 Å². The van der Waals surface area contributed by atoms with E-state index < -0.39 is 17.7 Å². The van der Waals surface area contributed by atoms with Crippen molar-refractivity contribution < 1.29 is 19.4 Å². The highest BCUT2D eigenvalue weighted by molar-refractivity contribution is 6.46. The molecular formula is C30H32N2O4. The average Bonchev–Trinajstić information content (AvgIpc) is 3.39. The summed E-state index contributed by atoms with van der Waals surface area (Å²) in [6, 6.07) is 18.6. The zero-order valence-corrected chi connectivity index (χ0v) is 21.0. The standard InChI is InChI=1S/C30H32N2O4/c1-4-31(5-2)15-16-32-27(24-12-8-10-20-9-6-7-11-23(20)24)26(29(34)30(32)35)28(33)21-13-14-25-22(18-21)17-19(3)36-25/h6-14,18-19,27,33H,4-5,15-17H2,1-3H3/t19-,27-/m0/s1. The zero-order chi connectivity index (χ0) is 25.4. The summed E-state index contributed by atoms with van der Waals surface area (Å²) >= 11 is 0. The third-order valence-electron chi connectivity index (χ3n) is 7.38. The van der Waals surface area contributed by atoms with Gasteiger partial charge in [0, 0.05) is 25.1 Å². The lowest BCUT2D eigenvalue weighted by atomic mass is 9.91. The highest BCUT2D eigenvalue weighted by Gasteiger charge is 2.46. The number of rotatable bonds is 7. The molecule has 36 heavy (non-hydrogen) atoms. The third-order valence-corrected chi connectivity index (χ3v) is 7.38. The largest absolute Gasteiger partial charge is 0.507 e. The number of amides is 1. The van der Waals surface area contributed by atoms with Crippen molar-refractivity contribution in [3.8, 4) is 5.75 Å². The van der Waals surface area contributed by atoms with Crippen LogP contribution in [0.25, 0.3) is 16.5 Å². The molecule has 1 fully saturated rings. The number of ketones is 1. The van der Waals surface area contributed by atoms with Crippen molar-refractivity contribution in [2.75, 3.05) is 26.2 Å². The molecular weight excluding hydrogens is 452 g/mol. The van der Waals surface area contributed by atoms with Gasteiger partial charge in [-0.15, -0.1) is 0 Å². The maximum atomic E-state index is 13.5. The van der Waals surface area contributed by atoms with Crippen molar-refractivity contribution in [3.05, 3.63) is 82.9 Å². The molecule has 0 spiro atoms. The molecule has 0 aliphatic carbocycles. The van der Waals surface area contributed by atoms with E-state index in [0.717, 1.165) is 47.2 Å². The van der Waals surface area contributed by atoms with Crippen molar-refractivity contribution in [1.29, 1.82) is 0 Å². The number of nitrogens with zero attached hydrogens (tertiary/aromatic N) is 2. The minimum atomic E-state index is -0.671. The molecule has 0 saturated carbocycles. The van der Waals surface area contributed by atoms with E-state index in [9.17, 15) is 14.7 Å². The maximum absolute atomic E-state index is 13.5. The Morgan fingerprint density at radius 2 is 1.81 bits per heavy atom. The van der Waals surface area contributed by atoms with Gasteiger partial charge in [-0.05, 0) is 60.1 Å². The third kappa shape index (κ3) is 4.16. The Hall–Kier alpha value is -3.64. The van der Waals surface area contributed by atoms with E-state index in [0.29, 0.717) is 18.7 Å². The number of hydrogen-bond acceptors (Lipinski definition) is 5. The van der Waals surface area contributed by atoms with Crippen LogP contribution in [-0.2, 0) is 16.0 Å². The molecule has 0 aromatic heterocycles. The summed E-state index contributed by atoms with van der Waals surface area (Å²) in [6.07, 6.45) is 0.806. The molecule has 2 heterocycles. The Morgan fingerprint density at radius 1 is 1.06 bits per heavy atom. The second-order valence-electron chi connectivity index (χ2n) is 9.54. The minimum absolute atomic E-state index is 0.0683. The maximum Gasteiger partial charge on any atom is 0.295 e. The highest BCUT2D eigenvalue weighted by Crippen LogP contribution is 2.42. The molecule has 5 rings (SSSR count). The first-order valence-electron chi connectivity index (χ1n) is 12.7. The van der Waals surface area contributed by atoms with Gasteiger partial charge < -0.3 is 19.6 Å². The van der Waals surface area contributed by atoms with Gasteiger partial charge in [-0.1, -0.05) is 56.3 Å². The SMILES string of the molecule is CCN(CC)CCN1C(=O)C(=O)C(=C(O)c2ccc3c(c2)C[C@H](C)O3)[C@@H]1c1cccc2ccccc12. The van der Waals surface area contributed by atoms with Crippen LogP contribution in [0.1, 0.15) is 43.5 Å². The number of ether oxygens (including phenoxy) is 1. The van der Waals surface area contributed by atoms with Crippen molar-refractivity contribution in [1.82, 2.24) is 9.80 Å². The monoisotopic (exact) mass is 484 g/mol. The average molecular weight is 485 g/mol. The van der Waals surface area contributed by atoms with Gasteiger partial charge in [0.15, 0.2) is 0 Å². The van der Waals surface area contributed by atoms with Gasteiger partial charge in [0.2, 0.25) is 0 Å². The predicted molar refractivity (Wildman–Crippen MR) is 141 cm³/mol. The van der Waals surface area contributed by atoms with Crippen molar-refractivity contribution >= 4 is 28.2 Å². The van der Waals surface area contributed by atoms with Crippen molar-refractivity contribution in [2.24, 2.45) is 0 Å². The Kier molecular flexibility index (Phi) is 6.54. The van der Waals surface area contributed by atoms with Gasteiger partial charge >= 0.3 is 0 Å². The second kappa shape index (κ2) is 9.78. The summed E-state index contributed by atoms with van der Waals surface area (Å²) in [4.78, 5) is 30.7. The number of fused-ring (bicyclic) bond motifs is 2. The molecule has 6 heteroatoms. The molecule has 3 aromatic rings. The number of hydrogen-bond donors (Lipinski definition) is 1. The lowest BCUT2D eigenvalue weighted by Gasteiger charge is -2.29. The first-order valence-corrected chi connectivity index (χ1v) is 12.7. The number of likely N-dealkylation sites (N-methyl/N-ethyl adjacent to an activating group) is 1. The molecule has 0 unspecified atom stereocenters. The van der Waals surface area contributed by atoms with Crippen LogP contribution in [-0.4, -0.2) is 58.9 Å². The number of likely N-dealkylation sites (tertiary alicyclic amines) is 1. The molecule has 2 aliphatic heterocycles. The van der Waals surface area contributed by atoms with Crippen molar-refractivity contribution in [3.63, 3.8) is 0 Å². The Labute approximate surface area is 211 Å². The van der Waals surface area contributed by atoms with E-state index in [2.05, 4.69) is 18.7 Å². The number of benzene rings is 3. The van der Waals surface area contributed by atoms with E-state index in [1.54, 1.807) is 11.0 Å². The predicted octanol–water partition coefficient (Wildman–Crippen LogP) is 4.93. The van der Waals surface area contributed by atoms with Gasteiger partial charge in [0.25, 0.3) is 11.7 Å². The van der Waals surface area contributed by atoms with Gasteiger partial charge in [0.1, 0.15) is 17.6 Å². The molecule has 186 valence electrons. The zero-order valence-electron chi connectivity index (χ0n) is 21.0. The fourth-order valence-electron chi connectivity index (χ4n) is 5.44. The van der Waals surface area contributed by atoms with Gasteiger partial charge in [-0.2, -0.15) is 0 Å². The number of Topliss-reactive ketones (excluding diaryl/α,β-unsaturated/α-hetero) is 1. The number of carbonyl (C=O) groups is 2. The minimum Gasteiger partial charge on any atom is -0.507 e. The Bertz CT molecular complexity index is 1350. The van der Waals surface area contributed by atoms with Gasteiger partial charge in [-0.25, -0.2) is 0 Å². The second-order valence-corrected chi connectivity index (χ2v) is 9.54. The van der Waals surface area contributed by atoms with Crippen LogP contribution in [0.2, 0.25) is 0 Å². The fraction of sp³-hybridized carbons (Fsp3) is 0.333. The molecule has 0 radical (unpaired) electrons. The van der Waals surface area contributed by atoms with Crippen LogP contribution in [0.5, 0.6) is 5.75 Å². The van der Waals surface area contributed by atoms with Crippen LogP contribution in [0.4, 0.5) is 0 Å². The smallest absolute Gasteiger partial charge is 0.295 e. The molecule has 1 N–H and O–H groups in total. The van der Waals surface area contributed by atoms with E-state index in [4.69, 9.17) is 4.74 Å². The number of carbonyl (C=O) groups excluding carboxylic acids is 2. The molecule has 1 amide bonds. The molecule has 0 bridgehead atoms. The molecule has 2 atom stereocenters. The summed E-state index contributed by atoms with van der Waals surface area (Å²) in [5.41, 5.74) is 2.50. The van der Waals surface area contributed by atoms with E-state index in [1.807, 2.05) is 61.5 Å². The molecule has 2 aliphatic rings. The quantitative estimate of drug-likeness (QED) is 0.293. The normalized spacial score (nSPS) is 20.8. The lowest BCUT2D eigenvalue weighted by molar-refractivity contribution is -0.140. The van der Waals surface area contributed by atoms with Crippen LogP contribution < -0.4 is 4.74 Å². The molecule has 1 saturated heterocycles. The Morgan fingerprint density at radius 3 is 2.58 bits per heavy atom. The number of aliphatic hydroxyl groups excluding tert-OH is 1. The first kappa shape index (κ1) is 24.1. The van der Waals surface area contributed by atoms with E-state index in [1.165, 1.54) is 0 Å². The van der Waals surface area contributed by atoms with Crippen LogP contribution in [0.15, 0.2) is 66.2 Å². The topological polar surface area (TPSA) is 70.1 Å². The van der Waals surface area contributed by atoms with Crippen LogP contribution in [0, 0.1) is 0 Å². The fourth-order valence-corrected chi connectivity index (χ4v) is 5.44.